The number of carbonyl (C=O) groups is 1. The van der Waals surface area contributed by atoms with Gasteiger partial charge in [0.2, 0.25) is 5.91 Å². The predicted octanol–water partition coefficient (Wildman–Crippen LogP) is -0.112. The van der Waals surface area contributed by atoms with Gasteiger partial charge < -0.3 is 10.6 Å². The van der Waals surface area contributed by atoms with E-state index in [-0.39, 0.29) is 11.9 Å². The van der Waals surface area contributed by atoms with E-state index >= 15 is 0 Å². The standard InChI is InChI=1S/C10H21N3O/c1-3-13-7-6-12(8-9(2)11)5-4-10(13)14/h9H,3-8,11H2,1-2H3. The monoisotopic (exact) mass is 199 g/mol. The number of nitrogens with two attached hydrogens (primary N) is 1. The largest absolute Gasteiger partial charge is 0.342 e. The van der Waals surface area contributed by atoms with Crippen LogP contribution in [0.15, 0.2) is 0 Å². The van der Waals surface area contributed by atoms with E-state index in [1.807, 2.05) is 18.7 Å². The third kappa shape index (κ3) is 3.27. The SMILES string of the molecule is CCN1CCN(CC(C)N)CCC1=O. The minimum Gasteiger partial charge on any atom is -0.342 e. The quantitative estimate of drug-likeness (QED) is 0.690. The first-order chi connectivity index (χ1) is 6.63. The number of carbonyl (C=O) groups excluding carboxylic acids is 1. The summed E-state index contributed by atoms with van der Waals surface area (Å²) < 4.78 is 0. The third-order valence-electron chi connectivity index (χ3n) is 2.61. The van der Waals surface area contributed by atoms with Gasteiger partial charge in [-0.2, -0.15) is 0 Å². The number of hydrogen-bond acceptors (Lipinski definition) is 3. The van der Waals surface area contributed by atoms with Crippen LogP contribution >= 0.6 is 0 Å². The molecule has 4 nitrogen and oxygen atoms in total. The molecule has 1 atom stereocenters. The Labute approximate surface area is 86.0 Å². The van der Waals surface area contributed by atoms with Crippen LogP contribution in [0.2, 0.25) is 0 Å². The zero-order valence-corrected chi connectivity index (χ0v) is 9.20. The first-order valence-corrected chi connectivity index (χ1v) is 5.39. The van der Waals surface area contributed by atoms with Crippen molar-refractivity contribution in [3.05, 3.63) is 0 Å². The fraction of sp³-hybridized carbons (Fsp3) is 0.900. The Bertz CT molecular complexity index is 194. The van der Waals surface area contributed by atoms with Crippen molar-refractivity contribution in [3.63, 3.8) is 0 Å². The number of amides is 1. The highest BCUT2D eigenvalue weighted by atomic mass is 16.2. The molecule has 4 heteroatoms. The topological polar surface area (TPSA) is 49.6 Å². The van der Waals surface area contributed by atoms with E-state index in [0.29, 0.717) is 6.42 Å². The van der Waals surface area contributed by atoms with E-state index in [4.69, 9.17) is 5.73 Å². The van der Waals surface area contributed by atoms with Gasteiger partial charge in [-0.1, -0.05) is 0 Å². The van der Waals surface area contributed by atoms with E-state index in [9.17, 15) is 4.79 Å². The maximum atomic E-state index is 11.5. The van der Waals surface area contributed by atoms with Crippen molar-refractivity contribution in [2.75, 3.05) is 32.7 Å². The molecule has 0 aromatic carbocycles. The van der Waals surface area contributed by atoms with Crippen LogP contribution in [0.1, 0.15) is 20.3 Å². The van der Waals surface area contributed by atoms with Gasteiger partial charge in [-0.05, 0) is 13.8 Å². The van der Waals surface area contributed by atoms with Gasteiger partial charge in [-0.3, -0.25) is 9.69 Å². The first kappa shape index (κ1) is 11.5. The minimum atomic E-state index is 0.193. The third-order valence-corrected chi connectivity index (χ3v) is 2.61. The lowest BCUT2D eigenvalue weighted by Crippen LogP contribution is -2.38. The van der Waals surface area contributed by atoms with Crippen molar-refractivity contribution in [2.45, 2.75) is 26.3 Å². The second-order valence-corrected chi connectivity index (χ2v) is 4.00. The molecule has 1 rings (SSSR count). The predicted molar refractivity (Wildman–Crippen MR) is 57.0 cm³/mol. The molecule has 0 radical (unpaired) electrons. The highest BCUT2D eigenvalue weighted by Gasteiger charge is 2.19. The van der Waals surface area contributed by atoms with E-state index in [0.717, 1.165) is 32.7 Å². The molecule has 1 aliphatic rings. The zero-order chi connectivity index (χ0) is 10.6. The zero-order valence-electron chi connectivity index (χ0n) is 9.20. The molecule has 2 N–H and O–H groups in total. The summed E-state index contributed by atoms with van der Waals surface area (Å²) in [6.45, 7) is 8.42. The second-order valence-electron chi connectivity index (χ2n) is 4.00. The molecule has 1 saturated heterocycles. The van der Waals surface area contributed by atoms with Crippen molar-refractivity contribution < 1.29 is 4.79 Å². The van der Waals surface area contributed by atoms with Crippen molar-refractivity contribution in [1.29, 1.82) is 0 Å². The average molecular weight is 199 g/mol. The fourth-order valence-electron chi connectivity index (χ4n) is 1.83. The van der Waals surface area contributed by atoms with Crippen LogP contribution in [0.5, 0.6) is 0 Å². The average Bonchev–Trinajstić information content (AvgIpc) is 2.28. The molecule has 0 aromatic heterocycles. The highest BCUT2D eigenvalue weighted by Crippen LogP contribution is 2.04. The summed E-state index contributed by atoms with van der Waals surface area (Å²) in [7, 11) is 0. The van der Waals surface area contributed by atoms with Gasteiger partial charge in [0.25, 0.3) is 0 Å². The summed E-state index contributed by atoms with van der Waals surface area (Å²) in [5.41, 5.74) is 5.74. The van der Waals surface area contributed by atoms with Crippen LogP contribution < -0.4 is 5.73 Å². The fourth-order valence-corrected chi connectivity index (χ4v) is 1.83. The van der Waals surface area contributed by atoms with Gasteiger partial charge in [0.1, 0.15) is 0 Å². The Morgan fingerprint density at radius 2 is 2.14 bits per heavy atom. The smallest absolute Gasteiger partial charge is 0.223 e. The van der Waals surface area contributed by atoms with Crippen LogP contribution in [0.4, 0.5) is 0 Å². The summed E-state index contributed by atoms with van der Waals surface area (Å²) >= 11 is 0. The van der Waals surface area contributed by atoms with Gasteiger partial charge >= 0.3 is 0 Å². The molecule has 1 heterocycles. The number of hydrogen-bond donors (Lipinski definition) is 1. The van der Waals surface area contributed by atoms with Crippen LogP contribution in [-0.4, -0.2) is 54.5 Å². The molecule has 0 bridgehead atoms. The van der Waals surface area contributed by atoms with Crippen LogP contribution in [0.3, 0.4) is 0 Å². The van der Waals surface area contributed by atoms with Crippen molar-refractivity contribution >= 4 is 5.91 Å². The number of likely N-dealkylation sites (N-methyl/N-ethyl adjacent to an activating group) is 1. The minimum absolute atomic E-state index is 0.193. The van der Waals surface area contributed by atoms with Gasteiger partial charge in [-0.15, -0.1) is 0 Å². The van der Waals surface area contributed by atoms with Crippen molar-refractivity contribution in [3.8, 4) is 0 Å². The van der Waals surface area contributed by atoms with Gasteiger partial charge in [0, 0.05) is 45.2 Å². The molecule has 0 saturated carbocycles. The Kier molecular flexibility index (Phi) is 4.35. The Hall–Kier alpha value is -0.610. The number of rotatable bonds is 3. The first-order valence-electron chi connectivity index (χ1n) is 5.39. The molecule has 0 aromatic rings. The van der Waals surface area contributed by atoms with E-state index in [2.05, 4.69) is 4.90 Å². The van der Waals surface area contributed by atoms with Crippen LogP contribution in [0, 0.1) is 0 Å². The van der Waals surface area contributed by atoms with Crippen LogP contribution in [0.25, 0.3) is 0 Å². The normalized spacial score (nSPS) is 22.2. The Morgan fingerprint density at radius 1 is 1.43 bits per heavy atom. The Balaban J connectivity index is 2.43. The molecule has 82 valence electrons. The molecule has 0 aliphatic carbocycles. The molecule has 0 spiro atoms. The lowest BCUT2D eigenvalue weighted by molar-refractivity contribution is -0.130. The summed E-state index contributed by atoms with van der Waals surface area (Å²) in [4.78, 5) is 15.7. The second kappa shape index (κ2) is 5.32. The highest BCUT2D eigenvalue weighted by molar-refractivity contribution is 5.76. The van der Waals surface area contributed by atoms with E-state index in [1.165, 1.54) is 0 Å². The maximum absolute atomic E-state index is 11.5. The molecule has 1 unspecified atom stereocenters. The lowest BCUT2D eigenvalue weighted by Gasteiger charge is -2.22. The van der Waals surface area contributed by atoms with Crippen molar-refractivity contribution in [1.82, 2.24) is 9.80 Å². The van der Waals surface area contributed by atoms with E-state index in [1.54, 1.807) is 0 Å². The summed E-state index contributed by atoms with van der Waals surface area (Å²) in [6.07, 6.45) is 0.639. The summed E-state index contributed by atoms with van der Waals surface area (Å²) in [5, 5.41) is 0. The van der Waals surface area contributed by atoms with Gasteiger partial charge in [-0.25, -0.2) is 0 Å². The molecular weight excluding hydrogens is 178 g/mol. The summed E-state index contributed by atoms with van der Waals surface area (Å²) in [6, 6.07) is 0.193. The van der Waals surface area contributed by atoms with Crippen LogP contribution in [-0.2, 0) is 4.79 Å². The Morgan fingerprint density at radius 3 is 2.71 bits per heavy atom. The van der Waals surface area contributed by atoms with Gasteiger partial charge in [0.05, 0.1) is 0 Å². The van der Waals surface area contributed by atoms with E-state index < -0.39 is 0 Å². The molecular formula is C10H21N3O. The molecule has 1 amide bonds. The van der Waals surface area contributed by atoms with Crippen molar-refractivity contribution in [2.24, 2.45) is 5.73 Å². The molecule has 14 heavy (non-hydrogen) atoms. The number of nitrogens with zero attached hydrogens (tertiary/aromatic N) is 2. The molecule has 1 aliphatic heterocycles. The maximum Gasteiger partial charge on any atom is 0.223 e. The van der Waals surface area contributed by atoms with Gasteiger partial charge in [0.15, 0.2) is 0 Å². The lowest BCUT2D eigenvalue weighted by atomic mass is 10.3. The summed E-state index contributed by atoms with van der Waals surface area (Å²) in [5.74, 6) is 0.277. The molecule has 1 fully saturated rings.